The van der Waals surface area contributed by atoms with Crippen molar-refractivity contribution in [2.75, 3.05) is 25.0 Å². The van der Waals surface area contributed by atoms with E-state index >= 15 is 0 Å². The van der Waals surface area contributed by atoms with Crippen LogP contribution in [0.5, 0.6) is 0 Å². The van der Waals surface area contributed by atoms with Gasteiger partial charge < -0.3 is 15.5 Å². The normalized spacial score (nSPS) is 19.5. The van der Waals surface area contributed by atoms with Gasteiger partial charge in [-0.1, -0.05) is 31.4 Å². The molecule has 0 radical (unpaired) electrons. The van der Waals surface area contributed by atoms with Crippen molar-refractivity contribution in [3.8, 4) is 11.4 Å². The van der Waals surface area contributed by atoms with Gasteiger partial charge in [-0.05, 0) is 57.8 Å². The predicted octanol–water partition coefficient (Wildman–Crippen LogP) is 3.70. The summed E-state index contributed by atoms with van der Waals surface area (Å²) >= 11 is 0. The van der Waals surface area contributed by atoms with E-state index in [0.29, 0.717) is 5.82 Å². The third-order valence-electron chi connectivity index (χ3n) is 5.89. The zero-order valence-corrected chi connectivity index (χ0v) is 16.6. The van der Waals surface area contributed by atoms with E-state index in [1.165, 1.54) is 32.1 Å². The number of H-pyrrole nitrogens is 1. The lowest BCUT2D eigenvalue weighted by molar-refractivity contribution is 0.161. The first-order valence-corrected chi connectivity index (χ1v) is 10.4. The number of likely N-dealkylation sites (tertiary alicyclic amines) is 1. The highest BCUT2D eigenvalue weighted by Crippen LogP contribution is 2.30. The Morgan fingerprint density at radius 3 is 2.68 bits per heavy atom. The number of aryl methyl sites for hydroxylation is 1. The zero-order chi connectivity index (χ0) is 19.4. The van der Waals surface area contributed by atoms with Gasteiger partial charge in [0, 0.05) is 17.8 Å². The van der Waals surface area contributed by atoms with Gasteiger partial charge >= 0.3 is 6.03 Å². The molecule has 1 aliphatic carbocycles. The van der Waals surface area contributed by atoms with E-state index in [4.69, 9.17) is 0 Å². The molecule has 0 unspecified atom stereocenters. The lowest BCUT2D eigenvalue weighted by Crippen LogP contribution is -2.57. The number of hydrogen-bond acceptors (Lipinski definition) is 4. The third kappa shape index (κ3) is 4.52. The van der Waals surface area contributed by atoms with E-state index < -0.39 is 0 Å². The minimum atomic E-state index is -0.121. The van der Waals surface area contributed by atoms with Crippen LogP contribution in [-0.4, -0.2) is 51.3 Å². The van der Waals surface area contributed by atoms with Crippen LogP contribution in [0.1, 0.15) is 50.8 Å². The van der Waals surface area contributed by atoms with Crippen LogP contribution >= 0.6 is 0 Å². The van der Waals surface area contributed by atoms with Gasteiger partial charge in [-0.3, -0.25) is 5.10 Å². The highest BCUT2D eigenvalue weighted by atomic mass is 16.2. The molecule has 2 fully saturated rings. The Balaban J connectivity index is 1.43. The molecule has 2 heterocycles. The number of benzene rings is 1. The van der Waals surface area contributed by atoms with E-state index in [1.54, 1.807) is 0 Å². The van der Waals surface area contributed by atoms with Gasteiger partial charge in [0.1, 0.15) is 5.82 Å². The number of carbonyl (C=O) groups is 1. The highest BCUT2D eigenvalue weighted by Gasteiger charge is 2.36. The van der Waals surface area contributed by atoms with E-state index in [-0.39, 0.29) is 11.6 Å². The first-order chi connectivity index (χ1) is 13.6. The van der Waals surface area contributed by atoms with Crippen molar-refractivity contribution in [3.05, 3.63) is 30.1 Å². The van der Waals surface area contributed by atoms with Crippen molar-refractivity contribution in [2.45, 2.75) is 57.4 Å². The molecule has 0 atom stereocenters. The number of rotatable bonds is 5. The first-order valence-electron chi connectivity index (χ1n) is 10.4. The second-order valence-electron chi connectivity index (χ2n) is 8.23. The molecule has 1 saturated heterocycles. The van der Waals surface area contributed by atoms with Crippen LogP contribution in [0.25, 0.3) is 11.4 Å². The zero-order valence-electron chi connectivity index (χ0n) is 16.6. The van der Waals surface area contributed by atoms with Gasteiger partial charge in [0.2, 0.25) is 0 Å². The molecule has 2 aliphatic rings. The van der Waals surface area contributed by atoms with Crippen LogP contribution in [0, 0.1) is 6.92 Å². The van der Waals surface area contributed by atoms with Crippen LogP contribution in [-0.2, 0) is 0 Å². The Morgan fingerprint density at radius 2 is 1.96 bits per heavy atom. The molecular weight excluding hydrogens is 352 g/mol. The van der Waals surface area contributed by atoms with Gasteiger partial charge in [0.25, 0.3) is 0 Å². The Hall–Kier alpha value is -2.41. The van der Waals surface area contributed by atoms with Gasteiger partial charge in [0.15, 0.2) is 5.82 Å². The standard InChI is InChI=1S/C21H30N6O/c1-16-22-19(26-25-16)17-8-7-9-18(14-17)23-20(28)24-21(10-3-2-4-11-21)15-27-12-5-6-13-27/h7-9,14H,2-6,10-13,15H2,1H3,(H,22,25,26)(H2,23,24,28). The maximum Gasteiger partial charge on any atom is 0.319 e. The lowest BCUT2D eigenvalue weighted by atomic mass is 9.81. The van der Waals surface area contributed by atoms with Gasteiger partial charge in [-0.15, -0.1) is 0 Å². The molecule has 7 heteroatoms. The monoisotopic (exact) mass is 382 g/mol. The number of nitrogens with one attached hydrogen (secondary N) is 3. The van der Waals surface area contributed by atoms with Crippen LogP contribution in [0.4, 0.5) is 10.5 Å². The summed E-state index contributed by atoms with van der Waals surface area (Å²) in [5, 5.41) is 13.4. The highest BCUT2D eigenvalue weighted by molar-refractivity contribution is 5.90. The van der Waals surface area contributed by atoms with E-state index in [9.17, 15) is 4.79 Å². The fraction of sp³-hybridized carbons (Fsp3) is 0.571. The number of urea groups is 1. The number of hydrogen-bond donors (Lipinski definition) is 3. The molecule has 1 aliphatic heterocycles. The topological polar surface area (TPSA) is 85.9 Å². The van der Waals surface area contributed by atoms with Crippen LogP contribution in [0.2, 0.25) is 0 Å². The molecule has 3 N–H and O–H groups in total. The summed E-state index contributed by atoms with van der Waals surface area (Å²) in [5.41, 5.74) is 1.53. The number of anilines is 1. The minimum absolute atomic E-state index is 0.106. The summed E-state index contributed by atoms with van der Waals surface area (Å²) in [6.45, 7) is 5.15. The second-order valence-corrected chi connectivity index (χ2v) is 8.23. The SMILES string of the molecule is Cc1nc(-c2cccc(NC(=O)NC3(CN4CCCC4)CCCCC3)c2)n[nH]1. The molecule has 1 saturated carbocycles. The summed E-state index contributed by atoms with van der Waals surface area (Å²) in [7, 11) is 0. The number of aromatic nitrogens is 3. The fourth-order valence-electron chi connectivity index (χ4n) is 4.53. The van der Waals surface area contributed by atoms with Gasteiger partial charge in [-0.2, -0.15) is 5.10 Å². The average Bonchev–Trinajstić information content (AvgIpc) is 3.34. The molecule has 150 valence electrons. The lowest BCUT2D eigenvalue weighted by Gasteiger charge is -2.40. The summed E-state index contributed by atoms with van der Waals surface area (Å²) < 4.78 is 0. The van der Waals surface area contributed by atoms with E-state index in [1.807, 2.05) is 31.2 Å². The molecule has 2 aromatic rings. The predicted molar refractivity (Wildman–Crippen MR) is 110 cm³/mol. The van der Waals surface area contributed by atoms with E-state index in [2.05, 4.69) is 30.7 Å². The third-order valence-corrected chi connectivity index (χ3v) is 5.89. The molecule has 28 heavy (non-hydrogen) atoms. The summed E-state index contributed by atoms with van der Waals surface area (Å²) in [6.07, 6.45) is 8.32. The van der Waals surface area contributed by atoms with Crippen molar-refractivity contribution in [3.63, 3.8) is 0 Å². The van der Waals surface area contributed by atoms with Gasteiger partial charge in [-0.25, -0.2) is 9.78 Å². The summed E-state index contributed by atoms with van der Waals surface area (Å²) in [4.78, 5) is 19.7. The molecule has 7 nitrogen and oxygen atoms in total. The van der Waals surface area contributed by atoms with Crippen molar-refractivity contribution in [2.24, 2.45) is 0 Å². The van der Waals surface area contributed by atoms with Crippen LogP contribution in [0.3, 0.4) is 0 Å². The van der Waals surface area contributed by atoms with Crippen molar-refractivity contribution in [1.82, 2.24) is 25.4 Å². The summed E-state index contributed by atoms with van der Waals surface area (Å²) in [5.74, 6) is 1.41. The van der Waals surface area contributed by atoms with Crippen molar-refractivity contribution in [1.29, 1.82) is 0 Å². The molecule has 2 amide bonds. The fourth-order valence-corrected chi connectivity index (χ4v) is 4.53. The molecule has 0 spiro atoms. The van der Waals surface area contributed by atoms with Crippen molar-refractivity contribution >= 4 is 11.7 Å². The van der Waals surface area contributed by atoms with E-state index in [0.717, 1.165) is 49.6 Å². The Bertz CT molecular complexity index is 805. The molecule has 4 rings (SSSR count). The second kappa shape index (κ2) is 8.31. The number of amides is 2. The Kier molecular flexibility index (Phi) is 5.62. The quantitative estimate of drug-likeness (QED) is 0.736. The number of aromatic amines is 1. The Morgan fingerprint density at radius 1 is 1.18 bits per heavy atom. The smallest absolute Gasteiger partial charge is 0.319 e. The minimum Gasteiger partial charge on any atom is -0.331 e. The van der Waals surface area contributed by atoms with Crippen molar-refractivity contribution < 1.29 is 4.79 Å². The van der Waals surface area contributed by atoms with Crippen LogP contribution in [0.15, 0.2) is 24.3 Å². The van der Waals surface area contributed by atoms with Crippen LogP contribution < -0.4 is 10.6 Å². The number of nitrogens with zero attached hydrogens (tertiary/aromatic N) is 3. The molecule has 1 aromatic carbocycles. The summed E-state index contributed by atoms with van der Waals surface area (Å²) in [6, 6.07) is 7.55. The average molecular weight is 383 g/mol. The molecular formula is C21H30N6O. The maximum atomic E-state index is 12.8. The molecule has 0 bridgehead atoms. The maximum absolute atomic E-state index is 12.8. The Labute approximate surface area is 166 Å². The largest absolute Gasteiger partial charge is 0.331 e. The first kappa shape index (κ1) is 18.9. The molecule has 1 aromatic heterocycles. The van der Waals surface area contributed by atoms with Gasteiger partial charge in [0.05, 0.1) is 5.54 Å². The number of carbonyl (C=O) groups excluding carboxylic acids is 1.